The van der Waals surface area contributed by atoms with Crippen LogP contribution in [0.5, 0.6) is 0 Å². The summed E-state index contributed by atoms with van der Waals surface area (Å²) in [6.45, 7) is 0.572. The van der Waals surface area contributed by atoms with Crippen LogP contribution < -0.4 is 5.32 Å². The van der Waals surface area contributed by atoms with E-state index in [1.165, 1.54) is 5.56 Å². The minimum absolute atomic E-state index is 0.190. The molecule has 4 nitrogen and oxygen atoms in total. The smallest absolute Gasteiger partial charge is 0.154 e. The molecule has 18 heavy (non-hydrogen) atoms. The van der Waals surface area contributed by atoms with Crippen LogP contribution in [0.15, 0.2) is 18.3 Å². The fraction of sp³-hybridized carbons (Fsp3) is 0.615. The first-order chi connectivity index (χ1) is 8.67. The highest BCUT2D eigenvalue weighted by atomic mass is 32.2. The van der Waals surface area contributed by atoms with Gasteiger partial charge in [0.1, 0.15) is 0 Å². The molecule has 98 valence electrons. The number of aromatic nitrogens is 1. The molecule has 1 fully saturated rings. The molecule has 0 saturated carbocycles. The van der Waals surface area contributed by atoms with Crippen LogP contribution in [0.3, 0.4) is 0 Å². The molecule has 2 unspecified atom stereocenters. The van der Waals surface area contributed by atoms with E-state index in [0.29, 0.717) is 12.3 Å². The Morgan fingerprint density at radius 2 is 2.28 bits per heavy atom. The number of hydrogen-bond acceptors (Lipinski definition) is 4. The summed E-state index contributed by atoms with van der Waals surface area (Å²) in [6, 6.07) is 4.30. The largest absolute Gasteiger partial charge is 0.307 e. The molecule has 1 aromatic heterocycles. The van der Waals surface area contributed by atoms with E-state index in [-0.39, 0.29) is 11.3 Å². The zero-order chi connectivity index (χ0) is 12.6. The van der Waals surface area contributed by atoms with Crippen LogP contribution in [0.1, 0.15) is 36.6 Å². The fourth-order valence-electron chi connectivity index (χ4n) is 2.97. The topological polar surface area (TPSA) is 59.1 Å². The second kappa shape index (κ2) is 4.63. The van der Waals surface area contributed by atoms with Gasteiger partial charge in [-0.25, -0.2) is 8.42 Å². The average Bonchev–Trinajstić information content (AvgIpc) is 2.90. The third-order valence-corrected chi connectivity index (χ3v) is 6.29. The van der Waals surface area contributed by atoms with Crippen LogP contribution >= 0.6 is 0 Å². The Bertz CT molecular complexity index is 542. The van der Waals surface area contributed by atoms with Crippen molar-refractivity contribution in [3.63, 3.8) is 0 Å². The molecule has 1 saturated heterocycles. The lowest BCUT2D eigenvalue weighted by Crippen LogP contribution is -2.32. The number of rotatable bonds is 3. The van der Waals surface area contributed by atoms with Gasteiger partial charge in [-0.3, -0.25) is 4.98 Å². The molecule has 0 radical (unpaired) electrons. The van der Waals surface area contributed by atoms with Crippen molar-refractivity contribution in [2.24, 2.45) is 0 Å². The molecule has 2 heterocycles. The SMILES string of the molecule is O=S1(=O)CCCC1CNC1CCc2cccnc21. The summed E-state index contributed by atoms with van der Waals surface area (Å²) in [5.41, 5.74) is 2.40. The first-order valence-corrected chi connectivity index (χ1v) is 8.27. The van der Waals surface area contributed by atoms with E-state index in [9.17, 15) is 8.42 Å². The first kappa shape index (κ1) is 12.1. The fourth-order valence-corrected chi connectivity index (χ4v) is 4.75. The molecule has 0 aromatic carbocycles. The van der Waals surface area contributed by atoms with Crippen LogP contribution in [0.25, 0.3) is 0 Å². The lowest BCUT2D eigenvalue weighted by atomic mass is 10.2. The van der Waals surface area contributed by atoms with E-state index in [4.69, 9.17) is 0 Å². The van der Waals surface area contributed by atoms with E-state index in [1.54, 1.807) is 0 Å². The van der Waals surface area contributed by atoms with Gasteiger partial charge in [-0.15, -0.1) is 0 Å². The normalized spacial score (nSPS) is 29.3. The molecule has 0 spiro atoms. The monoisotopic (exact) mass is 266 g/mol. The highest BCUT2D eigenvalue weighted by Gasteiger charge is 2.32. The van der Waals surface area contributed by atoms with Crippen molar-refractivity contribution < 1.29 is 8.42 Å². The highest BCUT2D eigenvalue weighted by molar-refractivity contribution is 7.92. The Balaban J connectivity index is 1.66. The van der Waals surface area contributed by atoms with Crippen molar-refractivity contribution in [3.8, 4) is 0 Å². The van der Waals surface area contributed by atoms with E-state index >= 15 is 0 Å². The van der Waals surface area contributed by atoms with Crippen LogP contribution in [0, 0.1) is 0 Å². The molecule has 5 heteroatoms. The summed E-state index contributed by atoms with van der Waals surface area (Å²) in [6.07, 6.45) is 5.49. The van der Waals surface area contributed by atoms with Gasteiger partial charge in [0, 0.05) is 12.7 Å². The molecule has 3 rings (SSSR count). The molecule has 1 aliphatic heterocycles. The van der Waals surface area contributed by atoms with E-state index < -0.39 is 9.84 Å². The molecular weight excluding hydrogens is 248 g/mol. The van der Waals surface area contributed by atoms with Crippen molar-refractivity contribution >= 4 is 9.84 Å². The van der Waals surface area contributed by atoms with Gasteiger partial charge >= 0.3 is 0 Å². The Labute approximate surface area is 108 Å². The molecule has 0 bridgehead atoms. The predicted molar refractivity (Wildman–Crippen MR) is 70.1 cm³/mol. The maximum atomic E-state index is 11.8. The summed E-state index contributed by atoms with van der Waals surface area (Å²) < 4.78 is 23.5. The van der Waals surface area contributed by atoms with Gasteiger partial charge in [-0.05, 0) is 37.3 Å². The third kappa shape index (κ3) is 2.17. The van der Waals surface area contributed by atoms with Gasteiger partial charge < -0.3 is 5.32 Å². The third-order valence-electron chi connectivity index (χ3n) is 4.01. The van der Waals surface area contributed by atoms with Crippen molar-refractivity contribution in [2.75, 3.05) is 12.3 Å². The number of fused-ring (bicyclic) bond motifs is 1. The van der Waals surface area contributed by atoms with Crippen LogP contribution in [0.4, 0.5) is 0 Å². The second-order valence-electron chi connectivity index (χ2n) is 5.18. The number of nitrogens with one attached hydrogen (secondary N) is 1. The average molecular weight is 266 g/mol. The maximum absolute atomic E-state index is 11.8. The molecular formula is C13H18N2O2S. The summed E-state index contributed by atoms with van der Waals surface area (Å²) in [5, 5.41) is 3.20. The van der Waals surface area contributed by atoms with Crippen molar-refractivity contribution in [1.82, 2.24) is 10.3 Å². The number of pyridine rings is 1. The highest BCUT2D eigenvalue weighted by Crippen LogP contribution is 2.29. The second-order valence-corrected chi connectivity index (χ2v) is 7.58. The molecule has 1 aliphatic carbocycles. The van der Waals surface area contributed by atoms with Gasteiger partial charge in [0.2, 0.25) is 0 Å². The molecule has 0 amide bonds. The molecule has 1 N–H and O–H groups in total. The molecule has 1 aromatic rings. The van der Waals surface area contributed by atoms with Crippen LogP contribution in [-0.4, -0.2) is 30.9 Å². The van der Waals surface area contributed by atoms with Gasteiger partial charge in [-0.2, -0.15) is 0 Å². The van der Waals surface area contributed by atoms with Crippen molar-refractivity contribution in [3.05, 3.63) is 29.6 Å². The summed E-state index contributed by atoms with van der Waals surface area (Å²) >= 11 is 0. The number of sulfone groups is 1. The Morgan fingerprint density at radius 3 is 3.06 bits per heavy atom. The Hall–Kier alpha value is -0.940. The Morgan fingerprint density at radius 1 is 1.39 bits per heavy atom. The summed E-state index contributed by atoms with van der Waals surface area (Å²) in [5.74, 6) is 0.360. The standard InChI is InChI=1S/C13H18N2O2S/c16-18(17)8-2-4-11(18)9-15-12-6-5-10-3-1-7-14-13(10)12/h1,3,7,11-12,15H,2,4-6,8-9H2. The quantitative estimate of drug-likeness (QED) is 0.894. The number of nitrogens with zero attached hydrogens (tertiary/aromatic N) is 1. The van der Waals surface area contributed by atoms with Gasteiger partial charge in [-0.1, -0.05) is 6.07 Å². The lowest BCUT2D eigenvalue weighted by molar-refractivity contribution is 0.504. The van der Waals surface area contributed by atoms with Crippen LogP contribution in [-0.2, 0) is 16.3 Å². The first-order valence-electron chi connectivity index (χ1n) is 6.55. The molecule has 2 aliphatic rings. The number of hydrogen-bond donors (Lipinski definition) is 1. The zero-order valence-electron chi connectivity index (χ0n) is 10.3. The zero-order valence-corrected chi connectivity index (χ0v) is 11.1. The minimum Gasteiger partial charge on any atom is -0.307 e. The summed E-state index contributed by atoms with van der Waals surface area (Å²) in [7, 11) is -2.84. The van der Waals surface area contributed by atoms with E-state index in [0.717, 1.165) is 31.4 Å². The van der Waals surface area contributed by atoms with Gasteiger partial charge in [0.15, 0.2) is 9.84 Å². The Kier molecular flexibility index (Phi) is 3.11. The van der Waals surface area contributed by atoms with Crippen molar-refractivity contribution in [2.45, 2.75) is 37.0 Å². The van der Waals surface area contributed by atoms with E-state index in [1.807, 2.05) is 12.3 Å². The lowest BCUT2D eigenvalue weighted by Gasteiger charge is -2.16. The van der Waals surface area contributed by atoms with E-state index in [2.05, 4.69) is 16.4 Å². The van der Waals surface area contributed by atoms with Gasteiger partial charge in [0.05, 0.1) is 22.7 Å². The van der Waals surface area contributed by atoms with Gasteiger partial charge in [0.25, 0.3) is 0 Å². The summed E-state index contributed by atoms with van der Waals surface area (Å²) in [4.78, 5) is 4.41. The number of aryl methyl sites for hydroxylation is 1. The van der Waals surface area contributed by atoms with Crippen molar-refractivity contribution in [1.29, 1.82) is 0 Å². The van der Waals surface area contributed by atoms with Crippen LogP contribution in [0.2, 0.25) is 0 Å². The minimum atomic E-state index is -2.84. The maximum Gasteiger partial charge on any atom is 0.154 e. The molecule has 2 atom stereocenters. The predicted octanol–water partition coefficient (Wildman–Crippen LogP) is 1.24.